The first kappa shape index (κ1) is 16.2. The van der Waals surface area contributed by atoms with Gasteiger partial charge in [0, 0.05) is 23.6 Å². The van der Waals surface area contributed by atoms with Gasteiger partial charge in [-0.2, -0.15) is 0 Å². The van der Waals surface area contributed by atoms with E-state index in [9.17, 15) is 5.11 Å². The number of hydrogen-bond acceptors (Lipinski definition) is 4. The maximum absolute atomic E-state index is 10.3. The smallest absolute Gasteiger partial charge is 0.119 e. The highest BCUT2D eigenvalue weighted by Gasteiger charge is 2.29. The lowest BCUT2D eigenvalue weighted by atomic mass is 10.2. The molecule has 0 saturated carbocycles. The highest BCUT2D eigenvalue weighted by molar-refractivity contribution is 9.10. The molecular formula is C17H25BrN2O2. The van der Waals surface area contributed by atoms with Crippen LogP contribution in [0, 0.1) is 0 Å². The molecule has 2 saturated heterocycles. The third kappa shape index (κ3) is 4.44. The predicted molar refractivity (Wildman–Crippen MR) is 91.3 cm³/mol. The molecule has 0 unspecified atom stereocenters. The first-order chi connectivity index (χ1) is 10.7. The number of β-amino-alcohol motifs (C(OH)–C–C–N with tert-alkyl or cyclic N) is 1. The monoisotopic (exact) mass is 368 g/mol. The fourth-order valence-electron chi connectivity index (χ4n) is 3.52. The van der Waals surface area contributed by atoms with E-state index in [2.05, 4.69) is 25.7 Å². The largest absolute Gasteiger partial charge is 0.491 e. The standard InChI is InChI=1S/C17H25BrN2O2/c18-14-4-6-17(7-5-14)22-13-16(21)12-19-8-2-10-20-9-1-3-15(20)11-19/h4-7,15-16,21H,1-3,8-13H2/t15-,16-/m0/s1. The summed E-state index contributed by atoms with van der Waals surface area (Å²) in [5, 5.41) is 10.3. The summed E-state index contributed by atoms with van der Waals surface area (Å²) in [4.78, 5) is 5.02. The van der Waals surface area contributed by atoms with E-state index < -0.39 is 6.10 Å². The van der Waals surface area contributed by atoms with Crippen LogP contribution in [-0.2, 0) is 0 Å². The summed E-state index contributed by atoms with van der Waals surface area (Å²) < 4.78 is 6.71. The van der Waals surface area contributed by atoms with Crippen molar-refractivity contribution in [3.05, 3.63) is 28.7 Å². The molecule has 2 aliphatic heterocycles. The number of halogens is 1. The van der Waals surface area contributed by atoms with Gasteiger partial charge in [-0.3, -0.25) is 9.80 Å². The number of nitrogens with zero attached hydrogens (tertiary/aromatic N) is 2. The van der Waals surface area contributed by atoms with Crippen LogP contribution in [0.2, 0.25) is 0 Å². The van der Waals surface area contributed by atoms with E-state index in [0.29, 0.717) is 19.2 Å². The SMILES string of the molecule is O[C@H](COc1ccc(Br)cc1)CN1CCCN2CCC[C@H]2C1. The highest BCUT2D eigenvalue weighted by atomic mass is 79.9. The lowest BCUT2D eigenvalue weighted by molar-refractivity contribution is 0.0658. The molecule has 0 bridgehead atoms. The molecule has 0 aromatic heterocycles. The minimum atomic E-state index is -0.434. The summed E-state index contributed by atoms with van der Waals surface area (Å²) in [7, 11) is 0. The molecule has 0 aliphatic carbocycles. The second-order valence-corrected chi connectivity index (χ2v) is 7.28. The molecule has 5 heteroatoms. The van der Waals surface area contributed by atoms with Crippen LogP contribution in [0.5, 0.6) is 5.75 Å². The van der Waals surface area contributed by atoms with Crippen molar-refractivity contribution in [3.8, 4) is 5.75 Å². The summed E-state index contributed by atoms with van der Waals surface area (Å²) in [6.45, 7) is 5.71. The second kappa shape index (κ2) is 7.77. The van der Waals surface area contributed by atoms with Crippen LogP contribution in [0.15, 0.2) is 28.7 Å². The van der Waals surface area contributed by atoms with Crippen LogP contribution >= 0.6 is 15.9 Å². The zero-order valence-electron chi connectivity index (χ0n) is 13.0. The summed E-state index contributed by atoms with van der Waals surface area (Å²) in [6.07, 6.45) is 3.41. The Morgan fingerprint density at radius 1 is 1.18 bits per heavy atom. The first-order valence-electron chi connectivity index (χ1n) is 8.23. The number of rotatable bonds is 5. The molecule has 3 rings (SSSR count). The van der Waals surface area contributed by atoms with Crippen LogP contribution in [-0.4, -0.2) is 66.4 Å². The second-order valence-electron chi connectivity index (χ2n) is 6.36. The average Bonchev–Trinajstić information content (AvgIpc) is 2.85. The van der Waals surface area contributed by atoms with Crippen molar-refractivity contribution in [2.24, 2.45) is 0 Å². The number of aliphatic hydroxyl groups excluding tert-OH is 1. The Balaban J connectivity index is 1.44. The van der Waals surface area contributed by atoms with Crippen LogP contribution in [0.3, 0.4) is 0 Å². The lowest BCUT2D eigenvalue weighted by Crippen LogP contribution is -2.41. The quantitative estimate of drug-likeness (QED) is 0.865. The molecule has 2 atom stereocenters. The highest BCUT2D eigenvalue weighted by Crippen LogP contribution is 2.21. The predicted octanol–water partition coefficient (Wildman–Crippen LogP) is 2.36. The van der Waals surface area contributed by atoms with Gasteiger partial charge in [-0.1, -0.05) is 15.9 Å². The van der Waals surface area contributed by atoms with Crippen LogP contribution in [0.25, 0.3) is 0 Å². The van der Waals surface area contributed by atoms with Gasteiger partial charge in [-0.25, -0.2) is 0 Å². The van der Waals surface area contributed by atoms with E-state index in [1.807, 2.05) is 24.3 Å². The molecular weight excluding hydrogens is 344 g/mol. The summed E-state index contributed by atoms with van der Waals surface area (Å²) in [6, 6.07) is 8.43. The molecule has 1 aromatic carbocycles. The molecule has 122 valence electrons. The third-order valence-electron chi connectivity index (χ3n) is 4.61. The number of aliphatic hydroxyl groups is 1. The number of ether oxygens (including phenoxy) is 1. The van der Waals surface area contributed by atoms with Crippen molar-refractivity contribution >= 4 is 15.9 Å². The zero-order chi connectivity index (χ0) is 15.4. The molecule has 0 spiro atoms. The van der Waals surface area contributed by atoms with Gasteiger partial charge in [-0.05, 0) is 63.2 Å². The fourth-order valence-corrected chi connectivity index (χ4v) is 3.79. The van der Waals surface area contributed by atoms with Crippen LogP contribution in [0.1, 0.15) is 19.3 Å². The van der Waals surface area contributed by atoms with Gasteiger partial charge in [0.2, 0.25) is 0 Å². The average molecular weight is 369 g/mol. The first-order valence-corrected chi connectivity index (χ1v) is 9.03. The molecule has 0 amide bonds. The summed E-state index contributed by atoms with van der Waals surface area (Å²) in [5.41, 5.74) is 0. The van der Waals surface area contributed by atoms with Crippen molar-refractivity contribution in [3.63, 3.8) is 0 Å². The van der Waals surface area contributed by atoms with Crippen LogP contribution in [0.4, 0.5) is 0 Å². The van der Waals surface area contributed by atoms with Gasteiger partial charge in [0.15, 0.2) is 0 Å². The Morgan fingerprint density at radius 3 is 2.77 bits per heavy atom. The van der Waals surface area contributed by atoms with Gasteiger partial charge in [0.05, 0.1) is 0 Å². The van der Waals surface area contributed by atoms with Crippen molar-refractivity contribution < 1.29 is 9.84 Å². The molecule has 1 N–H and O–H groups in total. The fraction of sp³-hybridized carbons (Fsp3) is 0.647. The Hall–Kier alpha value is -0.620. The van der Waals surface area contributed by atoms with E-state index in [4.69, 9.17) is 4.74 Å². The van der Waals surface area contributed by atoms with Gasteiger partial charge >= 0.3 is 0 Å². The number of fused-ring (bicyclic) bond motifs is 1. The van der Waals surface area contributed by atoms with E-state index in [1.165, 1.54) is 32.4 Å². The lowest BCUT2D eigenvalue weighted by Gasteiger charge is -2.27. The molecule has 2 fully saturated rings. The zero-order valence-corrected chi connectivity index (χ0v) is 14.5. The van der Waals surface area contributed by atoms with Crippen molar-refractivity contribution in [2.45, 2.75) is 31.4 Å². The maximum Gasteiger partial charge on any atom is 0.119 e. The topological polar surface area (TPSA) is 35.9 Å². The van der Waals surface area contributed by atoms with Gasteiger partial charge in [-0.15, -0.1) is 0 Å². The minimum Gasteiger partial charge on any atom is -0.491 e. The molecule has 2 heterocycles. The molecule has 4 nitrogen and oxygen atoms in total. The Kier molecular flexibility index (Phi) is 5.74. The van der Waals surface area contributed by atoms with Gasteiger partial charge in [0.1, 0.15) is 18.5 Å². The van der Waals surface area contributed by atoms with Gasteiger partial charge in [0.25, 0.3) is 0 Å². The molecule has 1 aromatic rings. The molecule has 2 aliphatic rings. The van der Waals surface area contributed by atoms with Crippen molar-refractivity contribution in [1.29, 1.82) is 0 Å². The maximum atomic E-state index is 10.3. The molecule has 22 heavy (non-hydrogen) atoms. The Bertz CT molecular complexity index is 468. The van der Waals surface area contributed by atoms with E-state index >= 15 is 0 Å². The van der Waals surface area contributed by atoms with Crippen molar-refractivity contribution in [1.82, 2.24) is 9.80 Å². The Labute approximate surface area is 141 Å². The minimum absolute atomic E-state index is 0.354. The Morgan fingerprint density at radius 2 is 1.95 bits per heavy atom. The molecule has 0 radical (unpaired) electrons. The van der Waals surface area contributed by atoms with E-state index in [1.54, 1.807) is 0 Å². The van der Waals surface area contributed by atoms with Gasteiger partial charge < -0.3 is 9.84 Å². The summed E-state index contributed by atoms with van der Waals surface area (Å²) >= 11 is 3.41. The summed E-state index contributed by atoms with van der Waals surface area (Å²) in [5.74, 6) is 0.806. The van der Waals surface area contributed by atoms with Crippen LogP contribution < -0.4 is 4.74 Å². The van der Waals surface area contributed by atoms with E-state index in [-0.39, 0.29) is 0 Å². The number of benzene rings is 1. The van der Waals surface area contributed by atoms with E-state index in [0.717, 1.165) is 23.3 Å². The van der Waals surface area contributed by atoms with Crippen molar-refractivity contribution in [2.75, 3.05) is 39.3 Å². The number of hydrogen-bond donors (Lipinski definition) is 1. The normalized spacial score (nSPS) is 24.7. The third-order valence-corrected chi connectivity index (χ3v) is 5.14.